The highest BCUT2D eigenvalue weighted by Gasteiger charge is 2.27. The number of ether oxygens (including phenoxy) is 1. The first-order valence-corrected chi connectivity index (χ1v) is 11.6. The molecule has 5 nitrogen and oxygen atoms in total. The van der Waals surface area contributed by atoms with Gasteiger partial charge in [0.2, 0.25) is 5.78 Å². The van der Waals surface area contributed by atoms with Crippen molar-refractivity contribution in [3.63, 3.8) is 0 Å². The van der Waals surface area contributed by atoms with Gasteiger partial charge in [0.15, 0.2) is 6.61 Å². The third-order valence-corrected chi connectivity index (χ3v) is 6.35. The predicted molar refractivity (Wildman–Crippen MR) is 132 cm³/mol. The minimum atomic E-state index is -0.562. The molecule has 0 fully saturated rings. The maximum Gasteiger partial charge on any atom is 0.339 e. The van der Waals surface area contributed by atoms with Crippen molar-refractivity contribution in [2.24, 2.45) is 0 Å². The van der Waals surface area contributed by atoms with Gasteiger partial charge in [-0.15, -0.1) is 0 Å². The molecule has 0 saturated carbocycles. The fourth-order valence-electron chi connectivity index (χ4n) is 4.25. The molecule has 0 unspecified atom stereocenters. The first kappa shape index (κ1) is 22.4. The Bertz CT molecular complexity index is 1440. The van der Waals surface area contributed by atoms with Gasteiger partial charge in [0.1, 0.15) is 5.76 Å². The fraction of sp³-hybridized carbons (Fsp3) is 0.148. The third kappa shape index (κ3) is 4.37. The SMILES string of the molecule is O=C(COC(=O)c1c2c(nc3ccccc13)/C(=C\c1ccco1)CCC2)c1ccc(Cl)cc1Cl. The van der Waals surface area contributed by atoms with Crippen molar-refractivity contribution in [1.29, 1.82) is 0 Å². The van der Waals surface area contributed by atoms with Crippen LogP contribution in [0, 0.1) is 0 Å². The Labute approximate surface area is 206 Å². The number of Topliss-reactive ketones (excluding diaryl/α,β-unsaturated/α-hetero) is 1. The number of hydrogen-bond donors (Lipinski definition) is 0. The Morgan fingerprint density at radius 2 is 1.91 bits per heavy atom. The molecule has 2 aromatic carbocycles. The van der Waals surface area contributed by atoms with E-state index in [0.717, 1.165) is 35.4 Å². The second-order valence-electron chi connectivity index (χ2n) is 7.99. The normalized spacial score (nSPS) is 14.2. The van der Waals surface area contributed by atoms with Crippen molar-refractivity contribution >= 4 is 57.5 Å². The maximum atomic E-state index is 13.3. The molecule has 0 atom stereocenters. The number of esters is 1. The third-order valence-electron chi connectivity index (χ3n) is 5.80. The molecule has 0 N–H and O–H groups in total. The second kappa shape index (κ2) is 9.45. The number of aromatic nitrogens is 1. The molecule has 0 saturated heterocycles. The first-order chi connectivity index (χ1) is 16.5. The summed E-state index contributed by atoms with van der Waals surface area (Å²) in [5.74, 6) is -0.236. The minimum Gasteiger partial charge on any atom is -0.465 e. The first-order valence-electron chi connectivity index (χ1n) is 10.8. The van der Waals surface area contributed by atoms with Gasteiger partial charge in [-0.2, -0.15) is 0 Å². The van der Waals surface area contributed by atoms with E-state index >= 15 is 0 Å². The smallest absolute Gasteiger partial charge is 0.339 e. The molecule has 4 aromatic rings. The lowest BCUT2D eigenvalue weighted by Crippen LogP contribution is -2.19. The number of para-hydroxylation sites is 1. The fourth-order valence-corrected chi connectivity index (χ4v) is 4.76. The summed E-state index contributed by atoms with van der Waals surface area (Å²) in [6.45, 7) is -0.430. The van der Waals surface area contributed by atoms with Gasteiger partial charge in [0, 0.05) is 16.0 Å². The van der Waals surface area contributed by atoms with Crippen LogP contribution in [0.5, 0.6) is 0 Å². The molecule has 0 spiro atoms. The van der Waals surface area contributed by atoms with Crippen molar-refractivity contribution in [3.8, 4) is 0 Å². The Balaban J connectivity index is 1.51. The van der Waals surface area contributed by atoms with Crippen molar-refractivity contribution in [2.75, 3.05) is 6.61 Å². The van der Waals surface area contributed by atoms with E-state index in [1.807, 2.05) is 42.5 Å². The number of ketones is 1. The van der Waals surface area contributed by atoms with E-state index in [0.29, 0.717) is 27.9 Å². The van der Waals surface area contributed by atoms with Crippen LogP contribution in [0.25, 0.3) is 22.6 Å². The standard InChI is InChI=1S/C27H19Cl2NO4/c28-17-10-11-19(22(29)14-17)24(31)15-34-27(32)25-20-7-1-2-9-23(20)30-26-16(5-3-8-21(25)26)13-18-6-4-12-33-18/h1-2,4,6-7,9-14H,3,5,8,15H2/b16-13-. The van der Waals surface area contributed by atoms with Gasteiger partial charge in [0.05, 0.1) is 28.1 Å². The quantitative estimate of drug-likeness (QED) is 0.221. The highest BCUT2D eigenvalue weighted by atomic mass is 35.5. The highest BCUT2D eigenvalue weighted by Crippen LogP contribution is 2.36. The number of rotatable bonds is 5. The minimum absolute atomic E-state index is 0.216. The zero-order valence-electron chi connectivity index (χ0n) is 18.0. The maximum absolute atomic E-state index is 13.3. The molecule has 1 aliphatic carbocycles. The molecule has 0 amide bonds. The van der Waals surface area contributed by atoms with Crippen LogP contribution in [0.2, 0.25) is 10.0 Å². The van der Waals surface area contributed by atoms with Crippen molar-refractivity contribution in [1.82, 2.24) is 4.98 Å². The van der Waals surface area contributed by atoms with Gasteiger partial charge in [0.25, 0.3) is 0 Å². The molecule has 0 radical (unpaired) electrons. The van der Waals surface area contributed by atoms with Crippen LogP contribution < -0.4 is 0 Å². The van der Waals surface area contributed by atoms with Gasteiger partial charge in [-0.05, 0) is 72.9 Å². The molecular formula is C27H19Cl2NO4. The summed E-state index contributed by atoms with van der Waals surface area (Å²) >= 11 is 12.0. The van der Waals surface area contributed by atoms with E-state index in [1.54, 1.807) is 12.3 Å². The van der Waals surface area contributed by atoms with E-state index in [4.69, 9.17) is 37.3 Å². The van der Waals surface area contributed by atoms with Crippen LogP contribution in [-0.2, 0) is 11.2 Å². The Kier molecular flexibility index (Phi) is 6.22. The summed E-state index contributed by atoms with van der Waals surface area (Å²) in [5, 5.41) is 1.34. The van der Waals surface area contributed by atoms with Crippen molar-refractivity contribution in [2.45, 2.75) is 19.3 Å². The molecule has 2 heterocycles. The molecule has 34 heavy (non-hydrogen) atoms. The second-order valence-corrected chi connectivity index (χ2v) is 8.84. The van der Waals surface area contributed by atoms with Gasteiger partial charge < -0.3 is 9.15 Å². The molecule has 170 valence electrons. The van der Waals surface area contributed by atoms with Crippen LogP contribution in [0.15, 0.2) is 65.3 Å². The number of furan rings is 1. The summed E-state index contributed by atoms with van der Waals surface area (Å²) in [5.41, 5.74) is 3.97. The van der Waals surface area contributed by atoms with Gasteiger partial charge in [-0.1, -0.05) is 41.4 Å². The molecule has 0 bridgehead atoms. The summed E-state index contributed by atoms with van der Waals surface area (Å²) in [4.78, 5) is 30.9. The lowest BCUT2D eigenvalue weighted by Gasteiger charge is -2.22. The summed E-state index contributed by atoms with van der Waals surface area (Å²) in [7, 11) is 0. The molecule has 1 aliphatic rings. The zero-order valence-corrected chi connectivity index (χ0v) is 19.5. The summed E-state index contributed by atoms with van der Waals surface area (Å²) < 4.78 is 11.0. The average Bonchev–Trinajstić information content (AvgIpc) is 3.34. The molecule has 2 aromatic heterocycles. The summed E-state index contributed by atoms with van der Waals surface area (Å²) in [6.07, 6.45) is 5.95. The molecule has 7 heteroatoms. The number of carbonyl (C=O) groups excluding carboxylic acids is 2. The number of halogens is 2. The van der Waals surface area contributed by atoms with E-state index in [-0.39, 0.29) is 10.6 Å². The average molecular weight is 492 g/mol. The van der Waals surface area contributed by atoms with Crippen LogP contribution in [-0.4, -0.2) is 23.3 Å². The van der Waals surface area contributed by atoms with Crippen LogP contribution in [0.3, 0.4) is 0 Å². The number of allylic oxidation sites excluding steroid dienone is 1. The summed E-state index contributed by atoms with van der Waals surface area (Å²) in [6, 6.07) is 15.7. The van der Waals surface area contributed by atoms with Gasteiger partial charge in [-0.3, -0.25) is 4.79 Å². The Hall–Kier alpha value is -3.41. The molecular weight excluding hydrogens is 473 g/mol. The van der Waals surface area contributed by atoms with E-state index in [9.17, 15) is 9.59 Å². The molecule has 0 aliphatic heterocycles. The van der Waals surface area contributed by atoms with E-state index in [2.05, 4.69) is 0 Å². The lowest BCUT2D eigenvalue weighted by atomic mass is 9.86. The van der Waals surface area contributed by atoms with E-state index < -0.39 is 18.4 Å². The zero-order chi connectivity index (χ0) is 23.7. The largest absolute Gasteiger partial charge is 0.465 e. The number of fused-ring (bicyclic) bond motifs is 2. The highest BCUT2D eigenvalue weighted by molar-refractivity contribution is 6.36. The Morgan fingerprint density at radius 1 is 1.06 bits per heavy atom. The number of pyridine rings is 1. The van der Waals surface area contributed by atoms with Crippen molar-refractivity contribution < 1.29 is 18.7 Å². The van der Waals surface area contributed by atoms with Crippen LogP contribution in [0.4, 0.5) is 0 Å². The van der Waals surface area contributed by atoms with E-state index in [1.165, 1.54) is 12.1 Å². The van der Waals surface area contributed by atoms with Gasteiger partial charge >= 0.3 is 5.97 Å². The molecule has 5 rings (SSSR count). The van der Waals surface area contributed by atoms with Crippen LogP contribution >= 0.6 is 23.2 Å². The van der Waals surface area contributed by atoms with Crippen LogP contribution in [0.1, 0.15) is 50.6 Å². The number of nitrogens with zero attached hydrogens (tertiary/aromatic N) is 1. The topological polar surface area (TPSA) is 69.4 Å². The van der Waals surface area contributed by atoms with Gasteiger partial charge in [-0.25, -0.2) is 9.78 Å². The van der Waals surface area contributed by atoms with Crippen molar-refractivity contribution in [3.05, 3.63) is 99.1 Å². The Morgan fingerprint density at radius 3 is 2.71 bits per heavy atom. The number of benzene rings is 2. The number of carbonyl (C=O) groups is 2. The predicted octanol–water partition coefficient (Wildman–Crippen LogP) is 7.05. The monoisotopic (exact) mass is 491 g/mol. The lowest BCUT2D eigenvalue weighted by molar-refractivity contribution is 0.0475. The number of hydrogen-bond acceptors (Lipinski definition) is 5.